The Morgan fingerprint density at radius 1 is 1.05 bits per heavy atom. The van der Waals surface area contributed by atoms with E-state index >= 15 is 0 Å². The minimum Gasteiger partial charge on any atom is -0.228 e. The van der Waals surface area contributed by atoms with Crippen LogP contribution in [0.3, 0.4) is 0 Å². The highest BCUT2D eigenvalue weighted by Crippen LogP contribution is 2.26. The second-order valence-corrected chi connectivity index (χ2v) is 4.70. The molecule has 0 bridgehead atoms. The highest BCUT2D eigenvalue weighted by atomic mass is 35.5. The van der Waals surface area contributed by atoms with Crippen LogP contribution in [0.4, 0.5) is 4.39 Å². The van der Waals surface area contributed by atoms with Crippen molar-refractivity contribution in [3.8, 4) is 11.4 Å². The fourth-order valence-corrected chi connectivity index (χ4v) is 2.28. The fourth-order valence-electron chi connectivity index (χ4n) is 2.01. The molecular weight excluding hydrogens is 263 g/mol. The van der Waals surface area contributed by atoms with Crippen LogP contribution in [-0.4, -0.2) is 9.97 Å². The van der Waals surface area contributed by atoms with E-state index in [2.05, 4.69) is 9.97 Å². The Balaban J connectivity index is 2.27. The van der Waals surface area contributed by atoms with Gasteiger partial charge in [0.15, 0.2) is 5.82 Å². The quantitative estimate of drug-likeness (QED) is 0.614. The summed E-state index contributed by atoms with van der Waals surface area (Å²) in [7, 11) is 0. The predicted octanol–water partition coefficient (Wildman–Crippen LogP) is 4.40. The summed E-state index contributed by atoms with van der Waals surface area (Å²) in [5, 5.41) is 0.403. The van der Waals surface area contributed by atoms with Crippen molar-refractivity contribution in [2.75, 3.05) is 0 Å². The number of hydrogen-bond acceptors (Lipinski definition) is 2. The first kappa shape index (κ1) is 12.1. The Morgan fingerprint density at radius 3 is 2.63 bits per heavy atom. The molecule has 0 aliphatic carbocycles. The Bertz CT molecular complexity index is 771. The van der Waals surface area contributed by atoms with Crippen LogP contribution in [0, 0.1) is 12.7 Å². The molecule has 1 heterocycles. The van der Waals surface area contributed by atoms with E-state index < -0.39 is 5.82 Å². The number of aromatic nitrogens is 2. The molecule has 0 fully saturated rings. The van der Waals surface area contributed by atoms with Crippen molar-refractivity contribution in [1.29, 1.82) is 0 Å². The van der Waals surface area contributed by atoms with Crippen LogP contribution in [0.25, 0.3) is 22.3 Å². The van der Waals surface area contributed by atoms with Crippen LogP contribution in [0.15, 0.2) is 42.5 Å². The van der Waals surface area contributed by atoms with Gasteiger partial charge in [0, 0.05) is 5.56 Å². The fraction of sp³-hybridized carbons (Fsp3) is 0.0667. The van der Waals surface area contributed by atoms with Crippen LogP contribution < -0.4 is 0 Å². The number of rotatable bonds is 1. The van der Waals surface area contributed by atoms with Crippen molar-refractivity contribution >= 4 is 22.5 Å². The summed E-state index contributed by atoms with van der Waals surface area (Å²) >= 11 is 6.07. The summed E-state index contributed by atoms with van der Waals surface area (Å²) in [6.07, 6.45) is 0. The number of benzene rings is 2. The first-order valence-electron chi connectivity index (χ1n) is 5.84. The first-order valence-corrected chi connectivity index (χ1v) is 6.22. The van der Waals surface area contributed by atoms with Gasteiger partial charge in [-0.15, -0.1) is 0 Å². The molecule has 2 aromatic carbocycles. The van der Waals surface area contributed by atoms with Crippen LogP contribution in [0.5, 0.6) is 0 Å². The number of hydrogen-bond donors (Lipinski definition) is 0. The molecule has 3 rings (SSSR count). The largest absolute Gasteiger partial charge is 0.228 e. The summed E-state index contributed by atoms with van der Waals surface area (Å²) in [5.41, 5.74) is 2.49. The number of aryl methyl sites for hydroxylation is 1. The van der Waals surface area contributed by atoms with E-state index in [1.807, 2.05) is 31.2 Å². The van der Waals surface area contributed by atoms with Crippen LogP contribution in [0.2, 0.25) is 5.15 Å². The lowest BCUT2D eigenvalue weighted by molar-refractivity contribution is 0.639. The highest BCUT2D eigenvalue weighted by molar-refractivity contribution is 6.34. The first-order chi connectivity index (χ1) is 9.15. The zero-order valence-corrected chi connectivity index (χ0v) is 10.9. The maximum Gasteiger partial charge on any atom is 0.161 e. The molecule has 0 aliphatic rings. The van der Waals surface area contributed by atoms with Crippen LogP contribution >= 0.6 is 11.6 Å². The number of halogens is 2. The molecule has 0 saturated carbocycles. The van der Waals surface area contributed by atoms with Gasteiger partial charge in [-0.3, -0.25) is 0 Å². The van der Waals surface area contributed by atoms with Crippen molar-refractivity contribution in [3.63, 3.8) is 0 Å². The van der Waals surface area contributed by atoms with Gasteiger partial charge in [0.2, 0.25) is 0 Å². The Morgan fingerprint density at radius 2 is 1.84 bits per heavy atom. The van der Waals surface area contributed by atoms with E-state index in [-0.39, 0.29) is 10.5 Å². The zero-order valence-electron chi connectivity index (χ0n) is 10.2. The number of fused-ring (bicyclic) bond motifs is 1. The molecule has 0 spiro atoms. The zero-order chi connectivity index (χ0) is 13.4. The molecule has 0 radical (unpaired) electrons. The Kier molecular flexibility index (Phi) is 2.91. The van der Waals surface area contributed by atoms with Crippen molar-refractivity contribution < 1.29 is 4.39 Å². The van der Waals surface area contributed by atoms with E-state index in [9.17, 15) is 4.39 Å². The molecule has 0 unspecified atom stereocenters. The molecule has 0 N–H and O–H groups in total. The molecule has 1 aromatic heterocycles. The van der Waals surface area contributed by atoms with Crippen molar-refractivity contribution in [3.05, 3.63) is 59.0 Å². The summed E-state index contributed by atoms with van der Waals surface area (Å²) in [4.78, 5) is 8.56. The standard InChI is InChI=1S/C15H10ClFN2/c1-9-4-2-5-10(8-9)15-18-12-7-3-6-11(17)13(12)14(16)19-15/h2-8H,1H3. The van der Waals surface area contributed by atoms with Crippen LogP contribution in [-0.2, 0) is 0 Å². The third kappa shape index (κ3) is 2.17. The van der Waals surface area contributed by atoms with Gasteiger partial charge in [0.25, 0.3) is 0 Å². The Labute approximate surface area is 114 Å². The van der Waals surface area contributed by atoms with E-state index in [4.69, 9.17) is 11.6 Å². The SMILES string of the molecule is Cc1cccc(-c2nc(Cl)c3c(F)cccc3n2)c1. The highest BCUT2D eigenvalue weighted by Gasteiger charge is 2.11. The van der Waals surface area contributed by atoms with Gasteiger partial charge in [-0.2, -0.15) is 0 Å². The van der Waals surface area contributed by atoms with E-state index in [1.165, 1.54) is 6.07 Å². The van der Waals surface area contributed by atoms with Crippen molar-refractivity contribution in [2.24, 2.45) is 0 Å². The van der Waals surface area contributed by atoms with Crippen LogP contribution in [0.1, 0.15) is 5.56 Å². The molecule has 0 saturated heterocycles. The van der Waals surface area contributed by atoms with E-state index in [0.717, 1.165) is 11.1 Å². The summed E-state index contributed by atoms with van der Waals surface area (Å²) in [6.45, 7) is 1.99. The lowest BCUT2D eigenvalue weighted by atomic mass is 10.1. The molecule has 19 heavy (non-hydrogen) atoms. The lowest BCUT2D eigenvalue weighted by Gasteiger charge is -2.05. The smallest absolute Gasteiger partial charge is 0.161 e. The van der Waals surface area contributed by atoms with Gasteiger partial charge in [-0.25, -0.2) is 14.4 Å². The minimum atomic E-state index is -0.404. The second kappa shape index (κ2) is 4.59. The minimum absolute atomic E-state index is 0.139. The van der Waals surface area contributed by atoms with Gasteiger partial charge in [-0.1, -0.05) is 41.4 Å². The van der Waals surface area contributed by atoms with E-state index in [1.54, 1.807) is 12.1 Å². The monoisotopic (exact) mass is 272 g/mol. The maximum atomic E-state index is 13.7. The Hall–Kier alpha value is -2.00. The van der Waals surface area contributed by atoms with E-state index in [0.29, 0.717) is 11.3 Å². The van der Waals surface area contributed by atoms with Gasteiger partial charge < -0.3 is 0 Å². The number of nitrogens with zero attached hydrogens (tertiary/aromatic N) is 2. The maximum absolute atomic E-state index is 13.7. The molecule has 0 atom stereocenters. The topological polar surface area (TPSA) is 25.8 Å². The van der Waals surface area contributed by atoms with Crippen molar-refractivity contribution in [2.45, 2.75) is 6.92 Å². The summed E-state index contributed by atoms with van der Waals surface area (Å²) in [6, 6.07) is 12.5. The predicted molar refractivity (Wildman–Crippen MR) is 74.7 cm³/mol. The molecular formula is C15H10ClFN2. The molecule has 4 heteroatoms. The average Bonchev–Trinajstić information content (AvgIpc) is 2.38. The molecule has 3 aromatic rings. The molecule has 0 amide bonds. The average molecular weight is 273 g/mol. The summed E-state index contributed by atoms with van der Waals surface area (Å²) < 4.78 is 13.7. The van der Waals surface area contributed by atoms with Gasteiger partial charge in [-0.05, 0) is 25.1 Å². The molecule has 94 valence electrons. The molecule has 0 aliphatic heterocycles. The summed E-state index contributed by atoms with van der Waals surface area (Å²) in [5.74, 6) is 0.102. The molecule has 2 nitrogen and oxygen atoms in total. The normalized spacial score (nSPS) is 10.9. The lowest BCUT2D eigenvalue weighted by Crippen LogP contribution is -1.94. The van der Waals surface area contributed by atoms with Gasteiger partial charge in [0.05, 0.1) is 10.9 Å². The van der Waals surface area contributed by atoms with Gasteiger partial charge >= 0.3 is 0 Å². The third-order valence-electron chi connectivity index (χ3n) is 2.90. The van der Waals surface area contributed by atoms with Crippen molar-refractivity contribution in [1.82, 2.24) is 9.97 Å². The third-order valence-corrected chi connectivity index (χ3v) is 3.18. The van der Waals surface area contributed by atoms with Gasteiger partial charge in [0.1, 0.15) is 11.0 Å². The second-order valence-electron chi connectivity index (χ2n) is 4.34.